The Labute approximate surface area is 120 Å². The number of rotatable bonds is 8. The van der Waals surface area contributed by atoms with Crippen molar-refractivity contribution in [2.24, 2.45) is 0 Å². The lowest BCUT2D eigenvalue weighted by molar-refractivity contribution is 0.185. The Morgan fingerprint density at radius 1 is 1.20 bits per heavy atom. The predicted molar refractivity (Wildman–Crippen MR) is 79.2 cm³/mol. The summed E-state index contributed by atoms with van der Waals surface area (Å²) in [6.07, 6.45) is 2.28. The maximum atomic E-state index is 9.11. The van der Waals surface area contributed by atoms with Crippen LogP contribution in [-0.4, -0.2) is 34.9 Å². The highest BCUT2D eigenvalue weighted by Crippen LogP contribution is 2.20. The van der Waals surface area contributed by atoms with Gasteiger partial charge in [-0.25, -0.2) is 0 Å². The van der Waals surface area contributed by atoms with Crippen molar-refractivity contribution >= 4 is 0 Å². The normalized spacial score (nSPS) is 11.2. The van der Waals surface area contributed by atoms with Gasteiger partial charge < -0.3 is 9.63 Å². The van der Waals surface area contributed by atoms with Crippen molar-refractivity contribution in [3.05, 3.63) is 42.1 Å². The quantitative estimate of drug-likeness (QED) is 0.804. The molecule has 4 heteroatoms. The second-order valence-corrected chi connectivity index (χ2v) is 4.90. The van der Waals surface area contributed by atoms with Crippen LogP contribution in [0.3, 0.4) is 0 Å². The second kappa shape index (κ2) is 7.82. The lowest BCUT2D eigenvalue weighted by Gasteiger charge is -2.19. The molecule has 20 heavy (non-hydrogen) atoms. The Kier molecular flexibility index (Phi) is 5.77. The maximum Gasteiger partial charge on any atom is 0.167 e. The Hall–Kier alpha value is -1.65. The van der Waals surface area contributed by atoms with Crippen molar-refractivity contribution in [3.63, 3.8) is 0 Å². The van der Waals surface area contributed by atoms with Gasteiger partial charge in [-0.05, 0) is 13.0 Å². The third-order valence-corrected chi connectivity index (χ3v) is 3.25. The first-order valence-electron chi connectivity index (χ1n) is 7.17. The van der Waals surface area contributed by atoms with Gasteiger partial charge in [0.2, 0.25) is 0 Å². The standard InChI is InChI=1S/C16H22N2O2/c1-2-3-9-18(10-11-19)13-15-12-16(20-17-15)14-7-5-4-6-8-14/h4-8,12,19H,2-3,9-11,13H2,1H3. The van der Waals surface area contributed by atoms with E-state index in [0.717, 1.165) is 42.9 Å². The predicted octanol–water partition coefficient (Wildman–Crippen LogP) is 2.94. The molecular formula is C16H22N2O2. The Bertz CT molecular complexity index is 496. The summed E-state index contributed by atoms with van der Waals surface area (Å²) in [7, 11) is 0. The van der Waals surface area contributed by atoms with Gasteiger partial charge in [-0.15, -0.1) is 0 Å². The van der Waals surface area contributed by atoms with Gasteiger partial charge >= 0.3 is 0 Å². The van der Waals surface area contributed by atoms with E-state index in [1.807, 2.05) is 36.4 Å². The van der Waals surface area contributed by atoms with E-state index in [4.69, 9.17) is 9.63 Å². The van der Waals surface area contributed by atoms with Crippen LogP contribution in [0.2, 0.25) is 0 Å². The van der Waals surface area contributed by atoms with Crippen LogP contribution < -0.4 is 0 Å². The molecule has 1 N–H and O–H groups in total. The number of benzene rings is 1. The van der Waals surface area contributed by atoms with E-state index in [1.165, 1.54) is 0 Å². The highest BCUT2D eigenvalue weighted by molar-refractivity contribution is 5.56. The molecule has 1 aromatic heterocycles. The lowest BCUT2D eigenvalue weighted by atomic mass is 10.1. The molecule has 0 bridgehead atoms. The van der Waals surface area contributed by atoms with E-state index in [0.29, 0.717) is 6.54 Å². The molecule has 0 spiro atoms. The van der Waals surface area contributed by atoms with E-state index < -0.39 is 0 Å². The van der Waals surface area contributed by atoms with Crippen LogP contribution in [0.1, 0.15) is 25.5 Å². The first-order valence-corrected chi connectivity index (χ1v) is 7.17. The van der Waals surface area contributed by atoms with Crippen LogP contribution in [0, 0.1) is 0 Å². The summed E-state index contributed by atoms with van der Waals surface area (Å²) < 4.78 is 5.40. The first-order chi connectivity index (χ1) is 9.83. The zero-order valence-corrected chi connectivity index (χ0v) is 12.0. The summed E-state index contributed by atoms with van der Waals surface area (Å²) in [5.74, 6) is 0.792. The van der Waals surface area contributed by atoms with Crippen LogP contribution in [0.4, 0.5) is 0 Å². The number of unbranched alkanes of at least 4 members (excludes halogenated alkanes) is 1. The van der Waals surface area contributed by atoms with Gasteiger partial charge in [-0.3, -0.25) is 4.90 Å². The van der Waals surface area contributed by atoms with Crippen molar-refractivity contribution in [1.82, 2.24) is 10.1 Å². The summed E-state index contributed by atoms with van der Waals surface area (Å²) in [5, 5.41) is 13.2. The number of nitrogens with zero attached hydrogens (tertiary/aromatic N) is 2. The van der Waals surface area contributed by atoms with Crippen LogP contribution in [-0.2, 0) is 6.54 Å². The molecular weight excluding hydrogens is 252 g/mol. The van der Waals surface area contributed by atoms with E-state index in [-0.39, 0.29) is 6.61 Å². The minimum atomic E-state index is 0.174. The molecule has 0 atom stereocenters. The fraction of sp³-hybridized carbons (Fsp3) is 0.438. The monoisotopic (exact) mass is 274 g/mol. The van der Waals surface area contributed by atoms with E-state index >= 15 is 0 Å². The smallest absolute Gasteiger partial charge is 0.167 e. The van der Waals surface area contributed by atoms with Crippen LogP contribution in [0.5, 0.6) is 0 Å². The van der Waals surface area contributed by atoms with E-state index in [2.05, 4.69) is 17.0 Å². The summed E-state index contributed by atoms with van der Waals surface area (Å²) >= 11 is 0. The zero-order valence-electron chi connectivity index (χ0n) is 12.0. The largest absolute Gasteiger partial charge is 0.395 e. The highest BCUT2D eigenvalue weighted by atomic mass is 16.5. The summed E-state index contributed by atoms with van der Waals surface area (Å²) in [4.78, 5) is 2.20. The molecule has 0 amide bonds. The fourth-order valence-electron chi connectivity index (χ4n) is 2.15. The topological polar surface area (TPSA) is 49.5 Å². The van der Waals surface area contributed by atoms with Gasteiger partial charge in [0.1, 0.15) is 0 Å². The minimum absolute atomic E-state index is 0.174. The van der Waals surface area contributed by atoms with Gasteiger partial charge in [0.15, 0.2) is 5.76 Å². The average molecular weight is 274 g/mol. The van der Waals surface area contributed by atoms with Crippen LogP contribution in [0.15, 0.2) is 40.9 Å². The Morgan fingerprint density at radius 3 is 2.70 bits per heavy atom. The SMILES string of the molecule is CCCCN(CCO)Cc1cc(-c2ccccc2)on1. The lowest BCUT2D eigenvalue weighted by Crippen LogP contribution is -2.27. The van der Waals surface area contributed by atoms with E-state index in [1.54, 1.807) is 0 Å². The number of aliphatic hydroxyl groups is 1. The third-order valence-electron chi connectivity index (χ3n) is 3.25. The molecule has 1 aromatic carbocycles. The molecule has 108 valence electrons. The highest BCUT2D eigenvalue weighted by Gasteiger charge is 2.10. The van der Waals surface area contributed by atoms with Gasteiger partial charge in [-0.1, -0.05) is 48.8 Å². The minimum Gasteiger partial charge on any atom is -0.395 e. The van der Waals surface area contributed by atoms with Crippen molar-refractivity contribution < 1.29 is 9.63 Å². The molecule has 0 radical (unpaired) electrons. The zero-order chi connectivity index (χ0) is 14.2. The van der Waals surface area contributed by atoms with E-state index in [9.17, 15) is 0 Å². The number of aromatic nitrogens is 1. The number of aliphatic hydroxyl groups excluding tert-OH is 1. The maximum absolute atomic E-state index is 9.11. The summed E-state index contributed by atoms with van der Waals surface area (Å²) in [6.45, 7) is 4.71. The number of hydrogen-bond donors (Lipinski definition) is 1. The first kappa shape index (κ1) is 14.8. The van der Waals surface area contributed by atoms with Crippen molar-refractivity contribution in [2.45, 2.75) is 26.3 Å². The molecule has 0 aliphatic carbocycles. The second-order valence-electron chi connectivity index (χ2n) is 4.90. The van der Waals surface area contributed by atoms with Crippen molar-refractivity contribution in [1.29, 1.82) is 0 Å². The fourth-order valence-corrected chi connectivity index (χ4v) is 2.15. The molecule has 0 saturated carbocycles. The molecule has 1 heterocycles. The van der Waals surface area contributed by atoms with Crippen LogP contribution in [0.25, 0.3) is 11.3 Å². The average Bonchev–Trinajstić information content (AvgIpc) is 2.94. The molecule has 0 fully saturated rings. The molecule has 4 nitrogen and oxygen atoms in total. The van der Waals surface area contributed by atoms with Gasteiger partial charge in [0, 0.05) is 24.7 Å². The molecule has 2 rings (SSSR count). The van der Waals surface area contributed by atoms with Gasteiger partial charge in [0.25, 0.3) is 0 Å². The molecule has 0 aliphatic rings. The molecule has 0 saturated heterocycles. The summed E-state index contributed by atoms with van der Waals surface area (Å²) in [6, 6.07) is 11.9. The molecule has 0 unspecified atom stereocenters. The summed E-state index contributed by atoms with van der Waals surface area (Å²) in [5.41, 5.74) is 1.95. The number of hydrogen-bond acceptors (Lipinski definition) is 4. The molecule has 0 aliphatic heterocycles. The van der Waals surface area contributed by atoms with Gasteiger partial charge in [-0.2, -0.15) is 0 Å². The van der Waals surface area contributed by atoms with Gasteiger partial charge in [0.05, 0.1) is 12.3 Å². The third kappa shape index (κ3) is 4.18. The van der Waals surface area contributed by atoms with Crippen LogP contribution >= 0.6 is 0 Å². The van der Waals surface area contributed by atoms with Crippen molar-refractivity contribution in [3.8, 4) is 11.3 Å². The Morgan fingerprint density at radius 2 is 2.00 bits per heavy atom. The Balaban J connectivity index is 2.00. The molecule has 2 aromatic rings. The van der Waals surface area contributed by atoms with Crippen molar-refractivity contribution in [2.75, 3.05) is 19.7 Å².